The van der Waals surface area contributed by atoms with Crippen molar-refractivity contribution in [2.75, 3.05) is 6.61 Å². The van der Waals surface area contributed by atoms with Crippen molar-refractivity contribution in [3.63, 3.8) is 0 Å². The van der Waals surface area contributed by atoms with Crippen molar-refractivity contribution in [3.05, 3.63) is 11.6 Å². The highest BCUT2D eigenvalue weighted by Gasteiger charge is 2.70. The van der Waals surface area contributed by atoms with Crippen LogP contribution in [0.25, 0.3) is 0 Å². The molecule has 67 heavy (non-hydrogen) atoms. The van der Waals surface area contributed by atoms with E-state index in [-0.39, 0.29) is 39.4 Å². The Balaban J connectivity index is 1.10. The molecular weight excluding hydrogens is 881 g/mol. The first kappa shape index (κ1) is 51.4. The molecule has 0 aromatic rings. The fourth-order valence-electron chi connectivity index (χ4n) is 15.1. The number of carboxylic acid groups (broad SMARTS) is 2. The van der Waals surface area contributed by atoms with Gasteiger partial charge in [0.1, 0.15) is 54.9 Å². The van der Waals surface area contributed by atoms with Crippen molar-refractivity contribution in [1.29, 1.82) is 0 Å². The van der Waals surface area contributed by atoms with Crippen LogP contribution in [0.15, 0.2) is 11.6 Å². The standard InChI is InChI=1S/C48H76O19/c1-21-28(50)30(52)32(54)39(62-21)64-34-33(55)35(67-48(61)37(56)31(53)29(51)24(20-49)66-48)40(65-36(34)38(57)58)63-27-12-13-44(6)25(43(27,4)5)11-14-46(8)26(44)10-9-22-23-19-42(2,3)15-17-47(23,41(59)60)18-16-45(22,46)7/h9,21,23-37,39-40,49-56,61H,10-20H2,1-8H3,(H,57,58)(H,59,60)/t21-,23+,24?,25?,26?,27+,28-,29+,30+,31?,32+,33?,34+,35+,36?,37+,39?,40-,44+,45-,46-,47+,48-/m1/s1. The summed E-state index contributed by atoms with van der Waals surface area (Å²) in [7, 11) is 0. The summed E-state index contributed by atoms with van der Waals surface area (Å²) in [6.45, 7) is 16.2. The zero-order chi connectivity index (χ0) is 49.4. The summed E-state index contributed by atoms with van der Waals surface area (Å²) in [5, 5.41) is 119. The van der Waals surface area contributed by atoms with E-state index in [0.717, 1.165) is 38.5 Å². The number of hydrogen-bond donors (Lipinski definition) is 11. The number of aliphatic hydroxyl groups excluding tert-OH is 8. The molecule has 11 N–H and O–H groups in total. The molecule has 7 unspecified atom stereocenters. The lowest BCUT2D eigenvalue weighted by molar-refractivity contribution is -0.481. The van der Waals surface area contributed by atoms with Crippen LogP contribution in [0.4, 0.5) is 0 Å². The van der Waals surface area contributed by atoms with Gasteiger partial charge in [-0.05, 0) is 116 Å². The Labute approximate surface area is 391 Å². The predicted molar refractivity (Wildman–Crippen MR) is 231 cm³/mol. The van der Waals surface area contributed by atoms with Crippen LogP contribution in [0.2, 0.25) is 0 Å². The first-order valence-electron chi connectivity index (χ1n) is 24.3. The van der Waals surface area contributed by atoms with Crippen LogP contribution >= 0.6 is 0 Å². The maximum absolute atomic E-state index is 13.2. The highest BCUT2D eigenvalue weighted by Crippen LogP contribution is 2.76. The van der Waals surface area contributed by atoms with Gasteiger partial charge in [0.2, 0.25) is 0 Å². The van der Waals surface area contributed by atoms with Crippen LogP contribution in [-0.2, 0) is 38.0 Å². The van der Waals surface area contributed by atoms with Crippen LogP contribution in [0.1, 0.15) is 120 Å². The number of rotatable bonds is 9. The van der Waals surface area contributed by atoms with Crippen molar-refractivity contribution in [2.45, 2.75) is 218 Å². The van der Waals surface area contributed by atoms with Crippen LogP contribution < -0.4 is 0 Å². The monoisotopic (exact) mass is 956 g/mol. The number of allylic oxidation sites excluding steroid dienone is 2. The van der Waals surface area contributed by atoms with Crippen LogP contribution in [0, 0.1) is 50.2 Å². The van der Waals surface area contributed by atoms with E-state index >= 15 is 0 Å². The molecule has 3 aliphatic heterocycles. The molecule has 3 heterocycles. The Morgan fingerprint density at radius 1 is 0.731 bits per heavy atom. The highest BCUT2D eigenvalue weighted by molar-refractivity contribution is 5.76. The van der Waals surface area contributed by atoms with E-state index in [1.807, 2.05) is 0 Å². The average Bonchev–Trinajstić information content (AvgIpc) is 3.25. The van der Waals surface area contributed by atoms with E-state index < -0.39 is 127 Å². The Morgan fingerprint density at radius 2 is 1.40 bits per heavy atom. The Morgan fingerprint density at radius 3 is 2.04 bits per heavy atom. The minimum absolute atomic E-state index is 0.0265. The number of aliphatic carboxylic acids is 2. The quantitative estimate of drug-likeness (QED) is 0.0877. The SMILES string of the molecule is C[C@H]1OC(O[C@@H]2C(C(=O)O)O[C@@H](O[C@H]3CC[C@@]4(C)C(CC[C@]5(C)C4CC=C4[C@@H]6CC(C)(C)CC[C@]6(C(=O)O)CC[C@]45C)C3(C)C)[C@@H](O[C@]3(O)OC(CO)[C@H](O)C(O)[C@@H]3O)C2O)[C@@H](O)[C@@H](O)[C@@H]1O. The van der Waals surface area contributed by atoms with Crippen LogP contribution in [0.3, 0.4) is 0 Å². The van der Waals surface area contributed by atoms with Crippen molar-refractivity contribution in [1.82, 2.24) is 0 Å². The number of aliphatic hydroxyl groups is 9. The van der Waals surface area contributed by atoms with Gasteiger partial charge in [-0.3, -0.25) is 4.79 Å². The molecule has 19 heteroatoms. The third kappa shape index (κ3) is 7.88. The molecule has 0 radical (unpaired) electrons. The molecular formula is C48H76O19. The highest BCUT2D eigenvalue weighted by atomic mass is 16.9. The lowest BCUT2D eigenvalue weighted by Crippen LogP contribution is -2.71. The Bertz CT molecular complexity index is 1910. The number of hydrogen-bond acceptors (Lipinski definition) is 17. The molecule has 0 aromatic heterocycles. The van der Waals surface area contributed by atoms with E-state index in [1.165, 1.54) is 12.5 Å². The second kappa shape index (κ2) is 17.4. The molecule has 7 fully saturated rings. The van der Waals surface area contributed by atoms with Crippen molar-refractivity contribution >= 4 is 11.9 Å². The van der Waals surface area contributed by atoms with Gasteiger partial charge in [-0.25, -0.2) is 4.79 Å². The molecule has 5 aliphatic carbocycles. The van der Waals surface area contributed by atoms with Crippen molar-refractivity contribution in [2.24, 2.45) is 50.2 Å². The van der Waals surface area contributed by atoms with Gasteiger partial charge in [-0.15, -0.1) is 0 Å². The fraction of sp³-hybridized carbons (Fsp3) is 0.917. The van der Waals surface area contributed by atoms with Gasteiger partial charge in [-0.1, -0.05) is 60.1 Å². The lowest BCUT2D eigenvalue weighted by atomic mass is 9.33. The number of fused-ring (bicyclic) bond motifs is 7. The van der Waals surface area contributed by atoms with Gasteiger partial charge < -0.3 is 84.6 Å². The molecule has 19 nitrogen and oxygen atoms in total. The summed E-state index contributed by atoms with van der Waals surface area (Å²) < 4.78 is 35.5. The maximum atomic E-state index is 13.2. The summed E-state index contributed by atoms with van der Waals surface area (Å²) >= 11 is 0. The molecule has 0 spiro atoms. The number of carboxylic acids is 2. The Hall–Kier alpha value is -1.92. The summed E-state index contributed by atoms with van der Waals surface area (Å²) in [5.74, 6) is -5.39. The van der Waals surface area contributed by atoms with Gasteiger partial charge in [0.15, 0.2) is 24.8 Å². The fourth-order valence-corrected chi connectivity index (χ4v) is 15.1. The normalized spacial score (nSPS) is 53.8. The second-order valence-corrected chi connectivity index (χ2v) is 23.7. The largest absolute Gasteiger partial charge is 0.481 e. The molecule has 3 saturated heterocycles. The van der Waals surface area contributed by atoms with E-state index in [1.54, 1.807) is 0 Å². The Kier molecular flexibility index (Phi) is 13.4. The van der Waals surface area contributed by atoms with Gasteiger partial charge in [-0.2, -0.15) is 0 Å². The van der Waals surface area contributed by atoms with Crippen molar-refractivity contribution in [3.8, 4) is 0 Å². The summed E-state index contributed by atoms with van der Waals surface area (Å²) in [5.41, 5.74) is -0.692. The summed E-state index contributed by atoms with van der Waals surface area (Å²) in [4.78, 5) is 26.2. The van der Waals surface area contributed by atoms with Gasteiger partial charge >= 0.3 is 17.9 Å². The zero-order valence-electron chi connectivity index (χ0n) is 39.9. The topological polar surface area (TPSA) is 312 Å². The predicted octanol–water partition coefficient (Wildman–Crippen LogP) is 1.15. The zero-order valence-corrected chi connectivity index (χ0v) is 39.9. The van der Waals surface area contributed by atoms with E-state index in [0.29, 0.717) is 25.7 Å². The minimum Gasteiger partial charge on any atom is -0.481 e. The number of carbonyl (C=O) groups is 2. The third-order valence-corrected chi connectivity index (χ3v) is 19.4. The van der Waals surface area contributed by atoms with E-state index in [2.05, 4.69) is 54.5 Å². The number of ether oxygens (including phenoxy) is 6. The summed E-state index contributed by atoms with van der Waals surface area (Å²) in [6, 6.07) is 0. The molecule has 8 aliphatic rings. The summed E-state index contributed by atoms with van der Waals surface area (Å²) in [6.07, 6.45) is -17.4. The first-order valence-corrected chi connectivity index (χ1v) is 24.3. The van der Waals surface area contributed by atoms with E-state index in [9.17, 15) is 65.8 Å². The smallest absolute Gasteiger partial charge is 0.335 e. The van der Waals surface area contributed by atoms with E-state index in [4.69, 9.17) is 28.4 Å². The third-order valence-electron chi connectivity index (χ3n) is 19.4. The molecule has 0 amide bonds. The molecule has 8 rings (SSSR count). The molecule has 0 bridgehead atoms. The maximum Gasteiger partial charge on any atom is 0.335 e. The first-order chi connectivity index (χ1) is 31.0. The second-order valence-electron chi connectivity index (χ2n) is 23.7. The molecule has 4 saturated carbocycles. The molecule has 0 aromatic carbocycles. The van der Waals surface area contributed by atoms with Gasteiger partial charge in [0, 0.05) is 0 Å². The average molecular weight is 957 g/mol. The van der Waals surface area contributed by atoms with Crippen molar-refractivity contribution < 1.29 is 94.2 Å². The molecule has 23 atom stereocenters. The lowest BCUT2D eigenvalue weighted by Gasteiger charge is -2.71. The van der Waals surface area contributed by atoms with Gasteiger partial charge in [0.05, 0.1) is 24.2 Å². The van der Waals surface area contributed by atoms with Crippen LogP contribution in [0.5, 0.6) is 0 Å². The molecule has 382 valence electrons. The van der Waals surface area contributed by atoms with Crippen LogP contribution in [-0.4, -0.2) is 173 Å². The van der Waals surface area contributed by atoms with Gasteiger partial charge in [0.25, 0.3) is 0 Å². The minimum atomic E-state index is -3.27.